The highest BCUT2D eigenvalue weighted by Crippen LogP contribution is 2.37. The zero-order valence-electron chi connectivity index (χ0n) is 24.5. The number of hydrogen-bond acceptors (Lipinski definition) is 8. The Bertz CT molecular complexity index is 1810. The summed E-state index contributed by atoms with van der Waals surface area (Å²) in [5, 5.41) is 22.0. The van der Waals surface area contributed by atoms with Gasteiger partial charge in [0.1, 0.15) is 16.8 Å². The predicted octanol–water partition coefficient (Wildman–Crippen LogP) is 6.11. The van der Waals surface area contributed by atoms with Gasteiger partial charge in [0.25, 0.3) is 11.8 Å². The lowest BCUT2D eigenvalue weighted by molar-refractivity contribution is -0.129. The molecule has 5 rings (SSSR count). The first-order valence-electron chi connectivity index (χ1n) is 14.0. The van der Waals surface area contributed by atoms with Crippen LogP contribution in [0.3, 0.4) is 0 Å². The van der Waals surface area contributed by atoms with Crippen molar-refractivity contribution >= 4 is 74.8 Å². The number of benzene rings is 2. The van der Waals surface area contributed by atoms with Gasteiger partial charge in [0.15, 0.2) is 0 Å². The van der Waals surface area contributed by atoms with E-state index in [1.165, 1.54) is 41.4 Å². The molecule has 0 saturated carbocycles. The molecule has 228 valence electrons. The Kier molecular flexibility index (Phi) is 10.1. The highest BCUT2D eigenvalue weighted by atomic mass is 32.2. The minimum absolute atomic E-state index is 0.0202. The number of rotatable bonds is 9. The van der Waals surface area contributed by atoms with Crippen LogP contribution >= 0.6 is 34.4 Å². The summed E-state index contributed by atoms with van der Waals surface area (Å²) in [7, 11) is 0. The van der Waals surface area contributed by atoms with Crippen molar-refractivity contribution in [2.24, 2.45) is 0 Å². The van der Waals surface area contributed by atoms with E-state index < -0.39 is 17.1 Å². The molecule has 0 bridgehead atoms. The summed E-state index contributed by atoms with van der Waals surface area (Å²) in [6, 6.07) is 19.8. The fourth-order valence-corrected chi connectivity index (χ4v) is 7.42. The molecule has 1 unspecified atom stereocenters. The smallest absolute Gasteiger partial charge is 0.272 e. The van der Waals surface area contributed by atoms with Gasteiger partial charge in [0.05, 0.1) is 17.4 Å². The number of anilines is 2. The normalized spacial score (nSPS) is 13.3. The molecular weight excluding hydrogens is 627 g/mol. The van der Waals surface area contributed by atoms with Gasteiger partial charge in [-0.25, -0.2) is 0 Å². The second-order valence-electron chi connectivity index (χ2n) is 10.2. The maximum Gasteiger partial charge on any atom is 0.272 e. The first-order chi connectivity index (χ1) is 21.7. The number of carbonyl (C=O) groups excluding carboxylic acids is 4. The average Bonchev–Trinajstić information content (AvgIpc) is 3.67. The first kappa shape index (κ1) is 31.7. The minimum atomic E-state index is -0.519. The molecule has 0 spiro atoms. The highest BCUT2D eigenvalue weighted by molar-refractivity contribution is 8.00. The van der Waals surface area contributed by atoms with E-state index in [1.807, 2.05) is 29.0 Å². The van der Waals surface area contributed by atoms with Gasteiger partial charge in [-0.1, -0.05) is 24.3 Å². The summed E-state index contributed by atoms with van der Waals surface area (Å²) in [6.07, 6.45) is 2.19. The number of amides is 4. The van der Waals surface area contributed by atoms with Crippen LogP contribution in [0.5, 0.6) is 0 Å². The van der Waals surface area contributed by atoms with Gasteiger partial charge in [-0.15, -0.1) is 23.1 Å². The zero-order chi connectivity index (χ0) is 31.9. The topological polar surface area (TPSA) is 131 Å². The van der Waals surface area contributed by atoms with Gasteiger partial charge < -0.3 is 20.9 Å². The predicted molar refractivity (Wildman–Crippen MR) is 179 cm³/mol. The third-order valence-electron chi connectivity index (χ3n) is 7.01. The lowest BCUT2D eigenvalue weighted by atomic mass is 10.0. The van der Waals surface area contributed by atoms with E-state index in [9.17, 15) is 24.4 Å². The fourth-order valence-electron chi connectivity index (χ4n) is 4.66. The van der Waals surface area contributed by atoms with Gasteiger partial charge in [0.2, 0.25) is 11.8 Å². The number of fused-ring (bicyclic) bond motifs is 1. The number of nitrogens with one attached hydrogen (secondary N) is 3. The molecule has 4 amide bonds. The number of thiophene rings is 2. The van der Waals surface area contributed by atoms with Gasteiger partial charge in [0, 0.05) is 34.5 Å². The number of nitrogens with zero attached hydrogens (tertiary/aromatic N) is 2. The largest absolute Gasteiger partial charge is 0.337 e. The van der Waals surface area contributed by atoms with Crippen molar-refractivity contribution in [2.75, 3.05) is 17.2 Å². The van der Waals surface area contributed by atoms with Gasteiger partial charge in [-0.3, -0.25) is 19.2 Å². The minimum Gasteiger partial charge on any atom is -0.337 e. The van der Waals surface area contributed by atoms with Gasteiger partial charge in [-0.2, -0.15) is 16.6 Å². The van der Waals surface area contributed by atoms with Crippen molar-refractivity contribution in [3.05, 3.63) is 104 Å². The first-order valence-corrected chi connectivity index (χ1v) is 16.6. The van der Waals surface area contributed by atoms with Crippen molar-refractivity contribution < 1.29 is 19.2 Å². The monoisotopic (exact) mass is 655 g/mol. The van der Waals surface area contributed by atoms with E-state index in [1.54, 1.807) is 60.4 Å². The molecule has 2 aromatic heterocycles. The molecule has 0 radical (unpaired) electrons. The summed E-state index contributed by atoms with van der Waals surface area (Å²) >= 11 is 4.12. The number of hydrogen-bond donors (Lipinski definition) is 3. The third-order valence-corrected chi connectivity index (χ3v) is 9.94. The summed E-state index contributed by atoms with van der Waals surface area (Å²) in [4.78, 5) is 54.6. The van der Waals surface area contributed by atoms with Crippen molar-refractivity contribution in [3.8, 4) is 6.07 Å². The molecular formula is C33H29N5O4S3. The molecule has 12 heteroatoms. The molecule has 9 nitrogen and oxygen atoms in total. The molecule has 3 heterocycles. The van der Waals surface area contributed by atoms with Crippen molar-refractivity contribution in [2.45, 2.75) is 37.0 Å². The fraction of sp³-hybridized carbons (Fsp3) is 0.182. The van der Waals surface area contributed by atoms with Crippen LogP contribution in [0.4, 0.5) is 10.7 Å². The van der Waals surface area contributed by atoms with Crippen LogP contribution in [0.25, 0.3) is 6.08 Å². The molecule has 2 aromatic carbocycles. The van der Waals surface area contributed by atoms with Crippen LogP contribution < -0.4 is 16.0 Å². The SMILES string of the molecule is CC(=O)N1CCc2c(sc(NC(=O)C(C)Sc3cccc(NC(=O)/C(=C/c4ccsc4)NC(=O)c4ccccc4)c3)c2C#N)C1. The van der Waals surface area contributed by atoms with E-state index in [2.05, 4.69) is 22.0 Å². The maximum absolute atomic E-state index is 13.3. The summed E-state index contributed by atoms with van der Waals surface area (Å²) < 4.78 is 0. The lowest BCUT2D eigenvalue weighted by Crippen LogP contribution is -2.33. The number of thioether (sulfide) groups is 1. The zero-order valence-corrected chi connectivity index (χ0v) is 26.9. The Hall–Kier alpha value is -4.70. The van der Waals surface area contributed by atoms with E-state index >= 15 is 0 Å². The van der Waals surface area contributed by atoms with E-state index in [0.29, 0.717) is 41.3 Å². The Morgan fingerprint density at radius 2 is 1.87 bits per heavy atom. The molecule has 1 aliphatic rings. The van der Waals surface area contributed by atoms with Crippen LogP contribution in [-0.2, 0) is 27.3 Å². The third kappa shape index (κ3) is 7.88. The molecule has 3 N–H and O–H groups in total. The van der Waals surface area contributed by atoms with E-state index in [4.69, 9.17) is 0 Å². The lowest BCUT2D eigenvalue weighted by Gasteiger charge is -2.25. The summed E-state index contributed by atoms with van der Waals surface area (Å²) in [5.41, 5.74) is 3.15. The molecule has 0 aliphatic carbocycles. The Morgan fingerprint density at radius 1 is 1.07 bits per heavy atom. The van der Waals surface area contributed by atoms with E-state index in [-0.39, 0.29) is 17.5 Å². The molecule has 0 fully saturated rings. The van der Waals surface area contributed by atoms with Crippen LogP contribution in [0, 0.1) is 11.3 Å². The number of carbonyl (C=O) groups is 4. The Balaban J connectivity index is 1.25. The summed E-state index contributed by atoms with van der Waals surface area (Å²) in [5.74, 6) is -1.18. The molecule has 1 aliphatic heterocycles. The molecule has 4 aromatic rings. The molecule has 45 heavy (non-hydrogen) atoms. The van der Waals surface area contributed by atoms with Crippen molar-refractivity contribution in [3.63, 3.8) is 0 Å². The average molecular weight is 656 g/mol. The summed E-state index contributed by atoms with van der Waals surface area (Å²) in [6.45, 7) is 4.27. The quantitative estimate of drug-likeness (QED) is 0.147. The van der Waals surface area contributed by atoms with Gasteiger partial charge in [-0.05, 0) is 77.7 Å². The van der Waals surface area contributed by atoms with Gasteiger partial charge >= 0.3 is 0 Å². The van der Waals surface area contributed by atoms with E-state index in [0.717, 1.165) is 20.9 Å². The van der Waals surface area contributed by atoms with Crippen LogP contribution in [0.2, 0.25) is 0 Å². The highest BCUT2D eigenvalue weighted by Gasteiger charge is 2.27. The molecule has 0 saturated heterocycles. The number of nitriles is 1. The Labute approximate surface area is 273 Å². The second kappa shape index (κ2) is 14.4. The maximum atomic E-state index is 13.3. The second-order valence-corrected chi connectivity index (χ2v) is 13.5. The Morgan fingerprint density at radius 3 is 2.58 bits per heavy atom. The van der Waals surface area contributed by atoms with Crippen LogP contribution in [0.1, 0.15) is 45.8 Å². The van der Waals surface area contributed by atoms with Crippen LogP contribution in [0.15, 0.2) is 82.0 Å². The standard InChI is InChI=1S/C33H29N5O4S3/c1-20(30(40)37-33-27(17-34)26-11-13-38(21(2)39)18-29(26)45-33)44-25-10-6-9-24(16-25)35-32(42)28(15-22-12-14-43-19-22)36-31(41)23-7-4-3-5-8-23/h3-10,12,14-16,19-20H,11,13,18H2,1-2H3,(H,35,42)(H,36,41)(H,37,40)/b28-15-. The molecule has 1 atom stereocenters. The van der Waals surface area contributed by atoms with Crippen LogP contribution in [-0.4, -0.2) is 40.3 Å². The van der Waals surface area contributed by atoms with Crippen molar-refractivity contribution in [1.29, 1.82) is 5.26 Å². The van der Waals surface area contributed by atoms with Crippen molar-refractivity contribution in [1.82, 2.24) is 10.2 Å².